The SMILES string of the molecule is COC(=O)Cc1ccc([C@@H]2C(C(=O)OC(C)C)=C(C)N=c3s/c(=C\c4ccc5c(c4)n(C)c(=O)n5C)c(=O)n32)cc1. The average Bonchev–Trinajstić information content (AvgIpc) is 3.35. The average molecular weight is 575 g/mol. The molecule has 2 aromatic carbocycles. The van der Waals surface area contributed by atoms with Crippen molar-refractivity contribution in [2.24, 2.45) is 19.1 Å². The standard InChI is InChI=1S/C30H30N4O6S/c1-16(2)40-28(37)25-17(3)31-29-34(26(25)20-10-7-18(8-11-20)15-24(35)39-6)27(36)23(41-29)14-19-9-12-21-22(13-19)33(5)30(38)32(21)4/h7-14,16,26H,15H2,1-6H3/b23-14-/t26-/m1/s1. The third kappa shape index (κ3) is 5.08. The molecule has 0 radical (unpaired) electrons. The van der Waals surface area contributed by atoms with E-state index in [4.69, 9.17) is 9.47 Å². The first kappa shape index (κ1) is 28.0. The molecule has 0 bridgehead atoms. The number of hydrogen-bond acceptors (Lipinski definition) is 8. The summed E-state index contributed by atoms with van der Waals surface area (Å²) in [6.45, 7) is 5.26. The van der Waals surface area contributed by atoms with E-state index in [1.165, 1.54) is 23.0 Å². The van der Waals surface area contributed by atoms with Gasteiger partial charge < -0.3 is 9.47 Å². The Labute approximate surface area is 239 Å². The Morgan fingerprint density at radius 1 is 1.05 bits per heavy atom. The zero-order valence-electron chi connectivity index (χ0n) is 23.6. The lowest BCUT2D eigenvalue weighted by Crippen LogP contribution is -2.40. The Hall–Kier alpha value is -4.51. The van der Waals surface area contributed by atoms with Crippen LogP contribution in [0, 0.1) is 0 Å². The number of carbonyl (C=O) groups is 2. The van der Waals surface area contributed by atoms with Gasteiger partial charge in [0.15, 0.2) is 4.80 Å². The minimum atomic E-state index is -0.774. The van der Waals surface area contributed by atoms with Crippen molar-refractivity contribution >= 4 is 40.4 Å². The van der Waals surface area contributed by atoms with Gasteiger partial charge in [-0.1, -0.05) is 41.7 Å². The van der Waals surface area contributed by atoms with Crippen LogP contribution in [0.25, 0.3) is 17.1 Å². The lowest BCUT2D eigenvalue weighted by molar-refractivity contribution is -0.143. The van der Waals surface area contributed by atoms with E-state index in [1.807, 2.05) is 18.2 Å². The van der Waals surface area contributed by atoms with Gasteiger partial charge in [0, 0.05) is 14.1 Å². The summed E-state index contributed by atoms with van der Waals surface area (Å²) >= 11 is 1.23. The molecule has 0 spiro atoms. The molecule has 1 aliphatic rings. The highest BCUT2D eigenvalue weighted by molar-refractivity contribution is 7.07. The Morgan fingerprint density at radius 3 is 2.39 bits per heavy atom. The van der Waals surface area contributed by atoms with E-state index < -0.39 is 12.0 Å². The van der Waals surface area contributed by atoms with Gasteiger partial charge in [0.1, 0.15) is 0 Å². The molecule has 5 rings (SSSR count). The van der Waals surface area contributed by atoms with E-state index in [0.29, 0.717) is 20.6 Å². The molecule has 1 aliphatic heterocycles. The fourth-order valence-electron chi connectivity index (χ4n) is 5.00. The quantitative estimate of drug-likeness (QED) is 0.326. The van der Waals surface area contributed by atoms with Gasteiger partial charge in [0.25, 0.3) is 5.56 Å². The second-order valence-electron chi connectivity index (χ2n) is 10.2. The number of aromatic nitrogens is 3. The predicted octanol–water partition coefficient (Wildman–Crippen LogP) is 2.09. The van der Waals surface area contributed by atoms with Gasteiger partial charge in [0.2, 0.25) is 0 Å². The fourth-order valence-corrected chi connectivity index (χ4v) is 6.04. The van der Waals surface area contributed by atoms with E-state index in [1.54, 1.807) is 74.3 Å². The number of esters is 2. The van der Waals surface area contributed by atoms with Gasteiger partial charge in [-0.25, -0.2) is 14.6 Å². The van der Waals surface area contributed by atoms with Gasteiger partial charge in [0.05, 0.1) is 52.5 Å². The van der Waals surface area contributed by atoms with Gasteiger partial charge >= 0.3 is 17.6 Å². The summed E-state index contributed by atoms with van der Waals surface area (Å²) < 4.78 is 15.4. The van der Waals surface area contributed by atoms with Crippen molar-refractivity contribution in [1.82, 2.24) is 13.7 Å². The first-order valence-corrected chi connectivity index (χ1v) is 13.9. The number of nitrogens with zero attached hydrogens (tertiary/aromatic N) is 4. The third-order valence-electron chi connectivity index (χ3n) is 7.05. The molecule has 0 N–H and O–H groups in total. The minimum absolute atomic E-state index is 0.105. The third-order valence-corrected chi connectivity index (χ3v) is 8.03. The van der Waals surface area contributed by atoms with Crippen molar-refractivity contribution < 1.29 is 19.1 Å². The number of hydrogen-bond donors (Lipinski definition) is 0. The van der Waals surface area contributed by atoms with Gasteiger partial charge in [-0.15, -0.1) is 0 Å². The summed E-state index contributed by atoms with van der Waals surface area (Å²) in [6, 6.07) is 11.9. The maximum atomic E-state index is 13.9. The number of fused-ring (bicyclic) bond motifs is 2. The van der Waals surface area contributed by atoms with Crippen LogP contribution in [0.1, 0.15) is 43.5 Å². The molecule has 0 saturated heterocycles. The van der Waals surface area contributed by atoms with Crippen molar-refractivity contribution in [2.75, 3.05) is 7.11 Å². The number of thiazole rings is 1. The smallest absolute Gasteiger partial charge is 0.338 e. The number of imidazole rings is 1. The van der Waals surface area contributed by atoms with Crippen LogP contribution >= 0.6 is 11.3 Å². The Bertz CT molecular complexity index is 1970. The van der Waals surface area contributed by atoms with Crippen LogP contribution in [-0.2, 0) is 39.6 Å². The highest BCUT2D eigenvalue weighted by Gasteiger charge is 2.33. The number of benzene rings is 2. The molecule has 10 nitrogen and oxygen atoms in total. The van der Waals surface area contributed by atoms with Gasteiger partial charge in [-0.3, -0.25) is 23.3 Å². The lowest BCUT2D eigenvalue weighted by Gasteiger charge is -2.25. The molecule has 4 aromatic rings. The molecule has 0 fully saturated rings. The number of aryl methyl sites for hydroxylation is 2. The largest absolute Gasteiger partial charge is 0.469 e. The van der Waals surface area contributed by atoms with Crippen LogP contribution in [0.5, 0.6) is 0 Å². The summed E-state index contributed by atoms with van der Waals surface area (Å²) in [5, 5.41) is 0. The van der Waals surface area contributed by atoms with Crippen LogP contribution in [0.2, 0.25) is 0 Å². The summed E-state index contributed by atoms with van der Waals surface area (Å²) in [7, 11) is 4.76. The van der Waals surface area contributed by atoms with Gasteiger partial charge in [-0.05, 0) is 55.7 Å². The molecular weight excluding hydrogens is 544 g/mol. The highest BCUT2D eigenvalue weighted by Crippen LogP contribution is 2.31. The van der Waals surface area contributed by atoms with Crippen molar-refractivity contribution in [3.63, 3.8) is 0 Å². The molecule has 212 valence electrons. The van der Waals surface area contributed by atoms with E-state index in [0.717, 1.165) is 22.2 Å². The molecule has 3 heterocycles. The number of carbonyl (C=O) groups excluding carboxylic acids is 2. The summed E-state index contributed by atoms with van der Waals surface area (Å²) in [4.78, 5) is 56.5. The zero-order valence-corrected chi connectivity index (χ0v) is 24.4. The van der Waals surface area contributed by atoms with Crippen LogP contribution in [0.15, 0.2) is 68.3 Å². The molecule has 0 aliphatic carbocycles. The molecule has 0 unspecified atom stereocenters. The van der Waals surface area contributed by atoms with E-state index >= 15 is 0 Å². The maximum Gasteiger partial charge on any atom is 0.338 e. The Balaban J connectivity index is 1.66. The highest BCUT2D eigenvalue weighted by atomic mass is 32.1. The second kappa shape index (κ2) is 10.8. The van der Waals surface area contributed by atoms with Crippen molar-refractivity contribution in [3.05, 3.63) is 101 Å². The number of ether oxygens (including phenoxy) is 2. The lowest BCUT2D eigenvalue weighted by atomic mass is 9.94. The summed E-state index contributed by atoms with van der Waals surface area (Å²) in [5.41, 5.74) is 4.01. The molecule has 11 heteroatoms. The number of methoxy groups -OCH3 is 1. The molecule has 0 amide bonds. The first-order valence-electron chi connectivity index (χ1n) is 13.0. The monoisotopic (exact) mass is 574 g/mol. The van der Waals surface area contributed by atoms with Crippen molar-refractivity contribution in [2.45, 2.75) is 39.3 Å². The predicted molar refractivity (Wildman–Crippen MR) is 155 cm³/mol. The fraction of sp³-hybridized carbons (Fsp3) is 0.300. The number of rotatable bonds is 6. The molecule has 1 atom stereocenters. The van der Waals surface area contributed by atoms with Crippen LogP contribution in [0.3, 0.4) is 0 Å². The van der Waals surface area contributed by atoms with Crippen molar-refractivity contribution in [3.8, 4) is 0 Å². The molecule has 2 aromatic heterocycles. The van der Waals surface area contributed by atoms with Crippen LogP contribution in [-0.4, -0.2) is 38.9 Å². The second-order valence-corrected chi connectivity index (χ2v) is 11.2. The molecule has 0 saturated carbocycles. The summed E-state index contributed by atoms with van der Waals surface area (Å²) in [5.74, 6) is -0.911. The Morgan fingerprint density at radius 2 is 1.73 bits per heavy atom. The van der Waals surface area contributed by atoms with E-state index in [2.05, 4.69) is 4.99 Å². The minimum Gasteiger partial charge on any atom is -0.469 e. The zero-order chi connectivity index (χ0) is 29.6. The number of allylic oxidation sites excluding steroid dienone is 1. The Kier molecular flexibility index (Phi) is 7.39. The molecular formula is C30H30N4O6S. The van der Waals surface area contributed by atoms with Gasteiger partial charge in [-0.2, -0.15) is 0 Å². The maximum absolute atomic E-state index is 13.9. The first-order chi connectivity index (χ1) is 19.5. The molecule has 41 heavy (non-hydrogen) atoms. The summed E-state index contributed by atoms with van der Waals surface area (Å²) in [6.07, 6.45) is 1.51. The van der Waals surface area contributed by atoms with Crippen LogP contribution < -0.4 is 20.6 Å². The van der Waals surface area contributed by atoms with E-state index in [-0.39, 0.29) is 35.3 Å². The normalized spacial score (nSPS) is 15.3. The topological polar surface area (TPSA) is 114 Å². The van der Waals surface area contributed by atoms with E-state index in [9.17, 15) is 19.2 Å². The van der Waals surface area contributed by atoms with Crippen molar-refractivity contribution in [1.29, 1.82) is 0 Å². The van der Waals surface area contributed by atoms with Crippen LogP contribution in [0.4, 0.5) is 0 Å².